The van der Waals surface area contributed by atoms with Gasteiger partial charge in [0, 0.05) is 24.0 Å². The van der Waals surface area contributed by atoms with Crippen molar-refractivity contribution >= 4 is 35.2 Å². The zero-order valence-corrected chi connectivity index (χ0v) is 14.1. The van der Waals surface area contributed by atoms with Crippen LogP contribution in [0.4, 0.5) is 16.2 Å². The number of aliphatic hydroxyl groups is 1. The van der Waals surface area contributed by atoms with Crippen LogP contribution in [0, 0.1) is 0 Å². The van der Waals surface area contributed by atoms with Gasteiger partial charge in [0.05, 0.1) is 24.0 Å². The maximum Gasteiger partial charge on any atom is 0.327 e. The first kappa shape index (κ1) is 16.8. The summed E-state index contributed by atoms with van der Waals surface area (Å²) >= 11 is 6.12. The molecule has 1 saturated heterocycles. The number of hydrogen-bond donors (Lipinski definition) is 2. The molecule has 2 aliphatic rings. The molecule has 0 aliphatic carbocycles. The van der Waals surface area contributed by atoms with E-state index in [0.29, 0.717) is 17.4 Å². The number of anilines is 2. The standard InChI is InChI=1S/C17H21ClN4O2/c18-13-5-6-16(22-9-2-1-4-14(22)11-23)15(10-13)20-17(24)21-8-3-7-19-12-21/h3,5-8,10,14,23H,1-2,4,9,11-12H2,(H,20,24). The van der Waals surface area contributed by atoms with E-state index in [-0.39, 0.29) is 18.7 Å². The number of nitrogens with one attached hydrogen (secondary N) is 1. The lowest BCUT2D eigenvalue weighted by atomic mass is 10.0. The molecule has 2 amide bonds. The molecule has 1 unspecified atom stereocenters. The molecule has 0 bridgehead atoms. The highest BCUT2D eigenvalue weighted by atomic mass is 35.5. The van der Waals surface area contributed by atoms with Crippen LogP contribution in [0.3, 0.4) is 0 Å². The van der Waals surface area contributed by atoms with Gasteiger partial charge in [0.25, 0.3) is 0 Å². The minimum atomic E-state index is -0.260. The van der Waals surface area contributed by atoms with Gasteiger partial charge in [-0.2, -0.15) is 0 Å². The van der Waals surface area contributed by atoms with E-state index in [0.717, 1.165) is 31.5 Å². The number of aliphatic hydroxyl groups excluding tert-OH is 1. The number of halogens is 1. The van der Waals surface area contributed by atoms with Crippen LogP contribution in [0.2, 0.25) is 5.02 Å². The van der Waals surface area contributed by atoms with E-state index in [1.807, 2.05) is 6.07 Å². The summed E-state index contributed by atoms with van der Waals surface area (Å²) in [5.41, 5.74) is 1.53. The van der Waals surface area contributed by atoms with Gasteiger partial charge < -0.3 is 15.3 Å². The van der Waals surface area contributed by atoms with Gasteiger partial charge in [-0.3, -0.25) is 9.89 Å². The summed E-state index contributed by atoms with van der Waals surface area (Å²) < 4.78 is 0. The van der Waals surface area contributed by atoms with Crippen molar-refractivity contribution in [1.29, 1.82) is 0 Å². The Hall–Kier alpha value is -2.05. The van der Waals surface area contributed by atoms with E-state index in [4.69, 9.17) is 11.6 Å². The monoisotopic (exact) mass is 348 g/mol. The second-order valence-electron chi connectivity index (χ2n) is 5.90. The first-order valence-corrected chi connectivity index (χ1v) is 8.48. The number of benzene rings is 1. The van der Waals surface area contributed by atoms with Crippen LogP contribution in [0.15, 0.2) is 35.5 Å². The number of hydrogen-bond acceptors (Lipinski definition) is 4. The summed E-state index contributed by atoms with van der Waals surface area (Å²) in [6.07, 6.45) is 8.17. The molecule has 1 fully saturated rings. The van der Waals surface area contributed by atoms with Crippen molar-refractivity contribution in [3.8, 4) is 0 Å². The van der Waals surface area contributed by atoms with Gasteiger partial charge in [0.2, 0.25) is 0 Å². The number of allylic oxidation sites excluding steroid dienone is 1. The molecule has 2 N–H and O–H groups in total. The molecule has 0 radical (unpaired) electrons. The Morgan fingerprint density at radius 1 is 1.42 bits per heavy atom. The van der Waals surface area contributed by atoms with Gasteiger partial charge in [-0.25, -0.2) is 4.79 Å². The van der Waals surface area contributed by atoms with Crippen molar-refractivity contribution in [1.82, 2.24) is 4.90 Å². The lowest BCUT2D eigenvalue weighted by molar-refractivity contribution is 0.229. The predicted octanol–water partition coefficient (Wildman–Crippen LogP) is 3.08. The van der Waals surface area contributed by atoms with Gasteiger partial charge >= 0.3 is 6.03 Å². The van der Waals surface area contributed by atoms with Crippen molar-refractivity contribution < 1.29 is 9.90 Å². The van der Waals surface area contributed by atoms with E-state index in [1.165, 1.54) is 4.90 Å². The number of carbonyl (C=O) groups excluding carboxylic acids is 1. The molecular formula is C17H21ClN4O2. The van der Waals surface area contributed by atoms with Crippen LogP contribution in [0.25, 0.3) is 0 Å². The summed E-state index contributed by atoms with van der Waals surface area (Å²) in [5, 5.41) is 13.1. The second kappa shape index (κ2) is 7.68. The van der Waals surface area contributed by atoms with E-state index < -0.39 is 0 Å². The third-order valence-electron chi connectivity index (χ3n) is 4.30. The molecule has 0 saturated carbocycles. The molecule has 0 spiro atoms. The SMILES string of the molecule is O=C(Nc1cc(Cl)ccc1N1CCCCC1CO)N1C=CC=NC1. The van der Waals surface area contributed by atoms with Crippen molar-refractivity contribution in [3.05, 3.63) is 35.5 Å². The van der Waals surface area contributed by atoms with Crippen LogP contribution in [0.1, 0.15) is 19.3 Å². The molecule has 7 heteroatoms. The smallest absolute Gasteiger partial charge is 0.327 e. The third kappa shape index (κ3) is 3.71. The molecule has 128 valence electrons. The lowest BCUT2D eigenvalue weighted by Gasteiger charge is -2.37. The minimum Gasteiger partial charge on any atom is -0.394 e. The molecule has 2 heterocycles. The van der Waals surface area contributed by atoms with E-state index in [2.05, 4.69) is 15.2 Å². The van der Waals surface area contributed by atoms with E-state index in [1.54, 1.807) is 30.6 Å². The molecule has 24 heavy (non-hydrogen) atoms. The maximum absolute atomic E-state index is 12.4. The van der Waals surface area contributed by atoms with Crippen molar-refractivity contribution in [2.45, 2.75) is 25.3 Å². The fourth-order valence-electron chi connectivity index (χ4n) is 3.07. The van der Waals surface area contributed by atoms with Gasteiger partial charge in [-0.05, 0) is 43.5 Å². The second-order valence-corrected chi connectivity index (χ2v) is 6.34. The van der Waals surface area contributed by atoms with E-state index >= 15 is 0 Å². The van der Waals surface area contributed by atoms with Crippen LogP contribution in [-0.2, 0) is 0 Å². The number of rotatable bonds is 3. The Bertz CT molecular complexity index is 662. The van der Waals surface area contributed by atoms with Gasteiger partial charge in [-0.15, -0.1) is 0 Å². The zero-order chi connectivity index (χ0) is 16.9. The average molecular weight is 349 g/mol. The van der Waals surface area contributed by atoms with Gasteiger partial charge in [0.1, 0.15) is 6.67 Å². The Kier molecular flexibility index (Phi) is 5.37. The van der Waals surface area contributed by atoms with Gasteiger partial charge in [0.15, 0.2) is 0 Å². The molecule has 3 rings (SSSR count). The summed E-state index contributed by atoms with van der Waals surface area (Å²) in [6.45, 7) is 1.24. The average Bonchev–Trinajstić information content (AvgIpc) is 2.62. The van der Waals surface area contributed by atoms with Crippen molar-refractivity contribution in [2.24, 2.45) is 4.99 Å². The first-order chi connectivity index (χ1) is 11.7. The number of piperidine rings is 1. The number of carbonyl (C=O) groups is 1. The Labute approximate surface area is 146 Å². The van der Waals surface area contributed by atoms with E-state index in [9.17, 15) is 9.90 Å². The number of aliphatic imine (C=N–C) groups is 1. The summed E-state index contributed by atoms with van der Waals surface area (Å²) in [4.78, 5) is 20.1. The molecule has 0 aromatic heterocycles. The molecule has 1 aromatic rings. The highest BCUT2D eigenvalue weighted by Gasteiger charge is 2.25. The highest BCUT2D eigenvalue weighted by Crippen LogP contribution is 2.33. The molecule has 6 nitrogen and oxygen atoms in total. The molecule has 1 aromatic carbocycles. The number of urea groups is 1. The predicted molar refractivity (Wildman–Crippen MR) is 96.9 cm³/mol. The quantitative estimate of drug-likeness (QED) is 0.882. The molecule has 1 atom stereocenters. The van der Waals surface area contributed by atoms with Crippen LogP contribution < -0.4 is 10.2 Å². The van der Waals surface area contributed by atoms with Crippen molar-refractivity contribution in [2.75, 3.05) is 30.0 Å². The Balaban J connectivity index is 1.84. The van der Waals surface area contributed by atoms with Crippen LogP contribution >= 0.6 is 11.6 Å². The summed E-state index contributed by atoms with van der Waals surface area (Å²) in [7, 11) is 0. The maximum atomic E-state index is 12.4. The summed E-state index contributed by atoms with van der Waals surface area (Å²) in [6, 6.07) is 5.25. The fraction of sp³-hybridized carbons (Fsp3) is 0.412. The Morgan fingerprint density at radius 2 is 2.29 bits per heavy atom. The number of nitrogens with zero attached hydrogens (tertiary/aromatic N) is 3. The fourth-order valence-corrected chi connectivity index (χ4v) is 3.24. The number of amides is 2. The normalized spacial score (nSPS) is 20.3. The zero-order valence-electron chi connectivity index (χ0n) is 13.4. The molecular weight excluding hydrogens is 328 g/mol. The largest absolute Gasteiger partial charge is 0.394 e. The first-order valence-electron chi connectivity index (χ1n) is 8.10. The summed E-state index contributed by atoms with van der Waals surface area (Å²) in [5.74, 6) is 0. The minimum absolute atomic E-state index is 0.0649. The highest BCUT2D eigenvalue weighted by molar-refractivity contribution is 6.31. The topological polar surface area (TPSA) is 68.2 Å². The third-order valence-corrected chi connectivity index (χ3v) is 4.53. The molecule has 2 aliphatic heterocycles. The lowest BCUT2D eigenvalue weighted by Crippen LogP contribution is -2.42. The van der Waals surface area contributed by atoms with Crippen LogP contribution in [0.5, 0.6) is 0 Å². The van der Waals surface area contributed by atoms with Crippen molar-refractivity contribution in [3.63, 3.8) is 0 Å². The van der Waals surface area contributed by atoms with Crippen LogP contribution in [-0.4, -0.2) is 48.1 Å². The van der Waals surface area contributed by atoms with Gasteiger partial charge in [-0.1, -0.05) is 11.6 Å². The Morgan fingerprint density at radius 3 is 3.04 bits per heavy atom.